The zero-order chi connectivity index (χ0) is 20.5. The van der Waals surface area contributed by atoms with Crippen molar-refractivity contribution < 1.29 is 17.9 Å². The van der Waals surface area contributed by atoms with E-state index in [0.717, 1.165) is 17.7 Å². The summed E-state index contributed by atoms with van der Waals surface area (Å²) >= 11 is 0. The highest BCUT2D eigenvalue weighted by Crippen LogP contribution is 2.18. The largest absolute Gasteiger partial charge is 0.489 e. The van der Waals surface area contributed by atoms with Crippen LogP contribution in [0.3, 0.4) is 0 Å². The highest BCUT2D eigenvalue weighted by molar-refractivity contribution is 5.79. The van der Waals surface area contributed by atoms with Crippen molar-refractivity contribution >= 4 is 5.96 Å². The van der Waals surface area contributed by atoms with E-state index in [1.165, 1.54) is 6.07 Å². The number of halogens is 2. The first-order chi connectivity index (χ1) is 14.2. The van der Waals surface area contributed by atoms with Gasteiger partial charge in [0.1, 0.15) is 24.4 Å². The molecule has 1 heterocycles. The van der Waals surface area contributed by atoms with Crippen LogP contribution in [0.4, 0.5) is 8.78 Å². The Bertz CT molecular complexity index is 945. The van der Waals surface area contributed by atoms with Gasteiger partial charge in [-0.1, -0.05) is 18.2 Å². The van der Waals surface area contributed by atoms with E-state index < -0.39 is 11.6 Å². The third-order valence-corrected chi connectivity index (χ3v) is 3.86. The molecule has 29 heavy (non-hydrogen) atoms. The molecule has 2 aromatic carbocycles. The van der Waals surface area contributed by atoms with Crippen LogP contribution < -0.4 is 15.4 Å². The molecule has 152 valence electrons. The van der Waals surface area contributed by atoms with Crippen LogP contribution in [0.5, 0.6) is 5.75 Å². The number of aliphatic imine (C=N–C) groups is 1. The third-order valence-electron chi connectivity index (χ3n) is 3.86. The lowest BCUT2D eigenvalue weighted by atomic mass is 10.2. The Labute approximate surface area is 167 Å². The Hall–Kier alpha value is -3.42. The van der Waals surface area contributed by atoms with Crippen LogP contribution in [0.15, 0.2) is 64.2 Å². The van der Waals surface area contributed by atoms with Gasteiger partial charge in [0.25, 0.3) is 0 Å². The molecule has 6 nitrogen and oxygen atoms in total. The first kappa shape index (κ1) is 20.3. The molecule has 0 saturated heterocycles. The quantitative estimate of drug-likeness (QED) is 0.342. The Balaban J connectivity index is 1.51. The van der Waals surface area contributed by atoms with E-state index in [2.05, 4.69) is 20.6 Å². The standard InChI is InChI=1S/C21H22F2N4O2/c1-2-24-21(25-10-11-28-19-9-8-16(22)12-18(19)23)26-13-17-14-29-20(27-17)15-6-4-3-5-7-15/h3-9,12,14H,2,10-11,13H2,1H3,(H2,24,25,26). The van der Waals surface area contributed by atoms with Gasteiger partial charge in [0, 0.05) is 18.2 Å². The first-order valence-electron chi connectivity index (χ1n) is 9.25. The number of ether oxygens (including phenoxy) is 1. The Kier molecular flexibility index (Phi) is 7.16. The van der Waals surface area contributed by atoms with Gasteiger partial charge in [0.05, 0.1) is 13.1 Å². The molecule has 0 bridgehead atoms. The fourth-order valence-corrected chi connectivity index (χ4v) is 2.52. The van der Waals surface area contributed by atoms with Crippen LogP contribution in [0.25, 0.3) is 11.5 Å². The lowest BCUT2D eigenvalue weighted by Crippen LogP contribution is -2.39. The van der Waals surface area contributed by atoms with Gasteiger partial charge in [-0.15, -0.1) is 0 Å². The molecule has 0 aliphatic heterocycles. The molecular formula is C21H22F2N4O2. The first-order valence-corrected chi connectivity index (χ1v) is 9.25. The second kappa shape index (κ2) is 10.2. The van der Waals surface area contributed by atoms with E-state index in [1.807, 2.05) is 37.3 Å². The van der Waals surface area contributed by atoms with E-state index in [-0.39, 0.29) is 12.4 Å². The molecule has 0 spiro atoms. The molecule has 3 aromatic rings. The number of oxazole rings is 1. The maximum absolute atomic E-state index is 13.6. The van der Waals surface area contributed by atoms with Crippen LogP contribution in [0.1, 0.15) is 12.6 Å². The van der Waals surface area contributed by atoms with Crippen molar-refractivity contribution in [3.8, 4) is 17.2 Å². The maximum atomic E-state index is 13.6. The van der Waals surface area contributed by atoms with Gasteiger partial charge in [-0.25, -0.2) is 18.8 Å². The van der Waals surface area contributed by atoms with E-state index in [1.54, 1.807) is 6.26 Å². The summed E-state index contributed by atoms with van der Waals surface area (Å²) in [6, 6.07) is 12.8. The predicted octanol–water partition coefficient (Wildman–Crippen LogP) is 3.75. The van der Waals surface area contributed by atoms with Gasteiger partial charge in [-0.3, -0.25) is 0 Å². The highest BCUT2D eigenvalue weighted by Gasteiger charge is 2.07. The number of nitrogens with one attached hydrogen (secondary N) is 2. The van der Waals surface area contributed by atoms with Crippen molar-refractivity contribution in [1.82, 2.24) is 15.6 Å². The minimum Gasteiger partial charge on any atom is -0.489 e. The molecule has 0 amide bonds. The van der Waals surface area contributed by atoms with Crippen molar-refractivity contribution in [2.24, 2.45) is 4.99 Å². The lowest BCUT2D eigenvalue weighted by Gasteiger charge is -2.12. The van der Waals surface area contributed by atoms with Gasteiger partial charge < -0.3 is 19.8 Å². The van der Waals surface area contributed by atoms with Crippen LogP contribution >= 0.6 is 0 Å². The molecule has 0 saturated carbocycles. The maximum Gasteiger partial charge on any atom is 0.226 e. The molecule has 2 N–H and O–H groups in total. The van der Waals surface area contributed by atoms with Crippen LogP contribution in [0.2, 0.25) is 0 Å². The average Bonchev–Trinajstić information content (AvgIpc) is 3.20. The topological polar surface area (TPSA) is 71.7 Å². The van der Waals surface area contributed by atoms with Gasteiger partial charge in [0.2, 0.25) is 5.89 Å². The van der Waals surface area contributed by atoms with Gasteiger partial charge in [0.15, 0.2) is 17.5 Å². The Morgan fingerprint density at radius 3 is 2.72 bits per heavy atom. The summed E-state index contributed by atoms with van der Waals surface area (Å²) in [5.74, 6) is -0.252. The van der Waals surface area contributed by atoms with Gasteiger partial charge >= 0.3 is 0 Å². The van der Waals surface area contributed by atoms with E-state index in [9.17, 15) is 8.78 Å². The fraction of sp³-hybridized carbons (Fsp3) is 0.238. The van der Waals surface area contributed by atoms with Gasteiger partial charge in [-0.05, 0) is 31.2 Å². The zero-order valence-corrected chi connectivity index (χ0v) is 16.0. The van der Waals surface area contributed by atoms with Crippen LogP contribution in [-0.4, -0.2) is 30.6 Å². The summed E-state index contributed by atoms with van der Waals surface area (Å²) in [7, 11) is 0. The molecular weight excluding hydrogens is 378 g/mol. The highest BCUT2D eigenvalue weighted by atomic mass is 19.1. The van der Waals surface area contributed by atoms with Crippen LogP contribution in [-0.2, 0) is 6.54 Å². The number of hydrogen-bond acceptors (Lipinski definition) is 4. The molecule has 0 aliphatic rings. The normalized spacial score (nSPS) is 11.3. The molecule has 0 atom stereocenters. The van der Waals surface area contributed by atoms with E-state index in [4.69, 9.17) is 9.15 Å². The number of aromatic nitrogens is 1. The third kappa shape index (κ3) is 6.03. The summed E-state index contributed by atoms with van der Waals surface area (Å²) in [6.07, 6.45) is 1.58. The molecule has 0 aliphatic carbocycles. The number of guanidine groups is 1. The number of benzene rings is 2. The number of hydrogen-bond donors (Lipinski definition) is 2. The van der Waals surface area contributed by atoms with Crippen molar-refractivity contribution in [3.63, 3.8) is 0 Å². The predicted molar refractivity (Wildman–Crippen MR) is 107 cm³/mol. The minimum absolute atomic E-state index is 0.00572. The SMILES string of the molecule is CCNC(=NCc1coc(-c2ccccc2)n1)NCCOc1ccc(F)cc1F. The molecule has 1 aromatic heterocycles. The summed E-state index contributed by atoms with van der Waals surface area (Å²) in [5, 5.41) is 6.20. The van der Waals surface area contributed by atoms with Crippen LogP contribution in [0, 0.1) is 11.6 Å². The summed E-state index contributed by atoms with van der Waals surface area (Å²) in [4.78, 5) is 8.90. The lowest BCUT2D eigenvalue weighted by molar-refractivity contribution is 0.304. The zero-order valence-electron chi connectivity index (χ0n) is 16.0. The number of rotatable bonds is 8. The Morgan fingerprint density at radius 1 is 1.14 bits per heavy atom. The minimum atomic E-state index is -0.731. The summed E-state index contributed by atoms with van der Waals surface area (Å²) in [5.41, 5.74) is 1.60. The second-order valence-corrected chi connectivity index (χ2v) is 6.06. The van der Waals surface area contributed by atoms with Crippen molar-refractivity contribution in [1.29, 1.82) is 0 Å². The van der Waals surface area contributed by atoms with Crippen molar-refractivity contribution in [2.45, 2.75) is 13.5 Å². The van der Waals surface area contributed by atoms with Crippen molar-refractivity contribution in [2.75, 3.05) is 19.7 Å². The van der Waals surface area contributed by atoms with Crippen molar-refractivity contribution in [3.05, 3.63) is 72.1 Å². The second-order valence-electron chi connectivity index (χ2n) is 6.06. The monoisotopic (exact) mass is 400 g/mol. The Morgan fingerprint density at radius 2 is 1.97 bits per heavy atom. The molecule has 0 unspecified atom stereocenters. The summed E-state index contributed by atoms with van der Waals surface area (Å²) < 4.78 is 37.3. The molecule has 3 rings (SSSR count). The molecule has 0 fully saturated rings. The number of nitrogens with zero attached hydrogens (tertiary/aromatic N) is 2. The average molecular weight is 400 g/mol. The van der Waals surface area contributed by atoms with E-state index >= 15 is 0 Å². The van der Waals surface area contributed by atoms with Gasteiger partial charge in [-0.2, -0.15) is 0 Å². The smallest absolute Gasteiger partial charge is 0.226 e. The summed E-state index contributed by atoms with van der Waals surface area (Å²) in [6.45, 7) is 3.53. The fourth-order valence-electron chi connectivity index (χ4n) is 2.52. The molecule has 0 radical (unpaired) electrons. The molecule has 8 heteroatoms. The van der Waals surface area contributed by atoms with E-state index in [0.29, 0.717) is 37.2 Å².